The zero-order valence-corrected chi connectivity index (χ0v) is 13.4. The first-order valence-corrected chi connectivity index (χ1v) is 8.01. The first-order chi connectivity index (χ1) is 11.0. The summed E-state index contributed by atoms with van der Waals surface area (Å²) in [5, 5.41) is 21.5. The van der Waals surface area contributed by atoms with Crippen LogP contribution in [0.15, 0.2) is 24.3 Å². The molecule has 0 aromatic heterocycles. The summed E-state index contributed by atoms with van der Waals surface area (Å²) in [7, 11) is 0. The number of phenols is 1. The van der Waals surface area contributed by atoms with E-state index in [0.29, 0.717) is 19.4 Å². The van der Waals surface area contributed by atoms with E-state index in [2.05, 4.69) is 5.32 Å². The largest absolute Gasteiger partial charge is 0.508 e. The molecule has 0 atom stereocenters. The standard InChI is InChI=1S/C17H24N2O4/c1-2-19(11-17(22)23)14-9-13(10-14)18-16(21)8-7-12-5-3-4-6-15(12)20/h3-6,13-14,20H,2,7-11H2,1H3,(H,18,21)(H,22,23). The molecule has 0 spiro atoms. The SMILES string of the molecule is CCN(CC(=O)O)C1CC(NC(=O)CCc2ccccc2O)C1. The molecule has 0 heterocycles. The molecule has 6 heteroatoms. The van der Waals surface area contributed by atoms with Crippen molar-refractivity contribution in [2.45, 2.75) is 44.7 Å². The van der Waals surface area contributed by atoms with Gasteiger partial charge in [-0.25, -0.2) is 0 Å². The molecule has 2 rings (SSSR count). The number of carboxylic acids is 1. The van der Waals surface area contributed by atoms with Gasteiger partial charge in [-0.05, 0) is 37.4 Å². The van der Waals surface area contributed by atoms with Crippen LogP contribution < -0.4 is 5.32 Å². The number of hydrogen-bond acceptors (Lipinski definition) is 4. The first kappa shape index (κ1) is 17.3. The van der Waals surface area contributed by atoms with E-state index in [-0.39, 0.29) is 30.3 Å². The third-order valence-corrected chi connectivity index (χ3v) is 4.35. The van der Waals surface area contributed by atoms with Crippen LogP contribution in [0.5, 0.6) is 5.75 Å². The lowest BCUT2D eigenvalue weighted by molar-refractivity contribution is -0.139. The molecule has 1 fully saturated rings. The maximum atomic E-state index is 12.0. The lowest BCUT2D eigenvalue weighted by atomic mass is 9.85. The third-order valence-electron chi connectivity index (χ3n) is 4.35. The summed E-state index contributed by atoms with van der Waals surface area (Å²) in [6.07, 6.45) is 2.44. The van der Waals surface area contributed by atoms with Gasteiger partial charge in [-0.1, -0.05) is 25.1 Å². The summed E-state index contributed by atoms with van der Waals surface area (Å²) in [5.41, 5.74) is 0.771. The predicted molar refractivity (Wildman–Crippen MR) is 86.3 cm³/mol. The Labute approximate surface area is 136 Å². The van der Waals surface area contributed by atoms with E-state index in [4.69, 9.17) is 5.11 Å². The van der Waals surface area contributed by atoms with Crippen molar-refractivity contribution in [3.05, 3.63) is 29.8 Å². The average Bonchev–Trinajstić information content (AvgIpc) is 2.47. The summed E-state index contributed by atoms with van der Waals surface area (Å²) in [6, 6.07) is 7.38. The molecular weight excluding hydrogens is 296 g/mol. The Hall–Kier alpha value is -2.08. The number of amides is 1. The maximum Gasteiger partial charge on any atom is 0.317 e. The first-order valence-electron chi connectivity index (χ1n) is 8.01. The van der Waals surface area contributed by atoms with Gasteiger partial charge in [0.15, 0.2) is 0 Å². The number of aromatic hydroxyl groups is 1. The molecule has 1 amide bonds. The van der Waals surface area contributed by atoms with Crippen LogP contribution in [0.1, 0.15) is 31.7 Å². The van der Waals surface area contributed by atoms with Gasteiger partial charge in [0, 0.05) is 18.5 Å². The van der Waals surface area contributed by atoms with Gasteiger partial charge in [0.2, 0.25) is 5.91 Å². The molecule has 0 saturated heterocycles. The van der Waals surface area contributed by atoms with Crippen molar-refractivity contribution >= 4 is 11.9 Å². The van der Waals surface area contributed by atoms with Crippen molar-refractivity contribution in [3.63, 3.8) is 0 Å². The summed E-state index contributed by atoms with van der Waals surface area (Å²) < 4.78 is 0. The van der Waals surface area contributed by atoms with Crippen LogP contribution in [0, 0.1) is 0 Å². The normalized spacial score (nSPS) is 20.1. The minimum absolute atomic E-state index is 0.0296. The van der Waals surface area contributed by atoms with Crippen LogP contribution in [-0.2, 0) is 16.0 Å². The van der Waals surface area contributed by atoms with E-state index >= 15 is 0 Å². The summed E-state index contributed by atoms with van der Waals surface area (Å²) in [4.78, 5) is 24.7. The van der Waals surface area contributed by atoms with Gasteiger partial charge in [0.25, 0.3) is 0 Å². The molecule has 0 bridgehead atoms. The Morgan fingerprint density at radius 2 is 2.00 bits per heavy atom. The molecule has 1 aromatic rings. The molecule has 6 nitrogen and oxygen atoms in total. The van der Waals surface area contributed by atoms with Crippen LogP contribution in [0.25, 0.3) is 0 Å². The van der Waals surface area contributed by atoms with Gasteiger partial charge in [0.05, 0.1) is 6.54 Å². The third kappa shape index (κ3) is 4.96. The van der Waals surface area contributed by atoms with Crippen molar-refractivity contribution in [1.29, 1.82) is 0 Å². The second-order valence-electron chi connectivity index (χ2n) is 5.98. The van der Waals surface area contributed by atoms with Gasteiger partial charge in [-0.15, -0.1) is 0 Å². The number of carbonyl (C=O) groups excluding carboxylic acids is 1. The summed E-state index contributed by atoms with van der Waals surface area (Å²) >= 11 is 0. The number of rotatable bonds is 8. The second kappa shape index (κ2) is 7.97. The number of aryl methyl sites for hydroxylation is 1. The second-order valence-corrected chi connectivity index (χ2v) is 5.98. The minimum Gasteiger partial charge on any atom is -0.508 e. The van der Waals surface area contributed by atoms with E-state index in [9.17, 15) is 14.7 Å². The highest BCUT2D eigenvalue weighted by molar-refractivity contribution is 5.76. The van der Waals surface area contributed by atoms with E-state index in [1.807, 2.05) is 24.0 Å². The average molecular weight is 320 g/mol. The van der Waals surface area contributed by atoms with Crippen molar-refractivity contribution in [2.75, 3.05) is 13.1 Å². The Bertz CT molecular complexity index is 555. The smallest absolute Gasteiger partial charge is 0.317 e. The predicted octanol–water partition coefficient (Wildman–Crippen LogP) is 1.38. The Balaban J connectivity index is 1.70. The molecule has 23 heavy (non-hydrogen) atoms. The number of phenolic OH excluding ortho intramolecular Hbond substituents is 1. The Morgan fingerprint density at radius 3 is 2.61 bits per heavy atom. The van der Waals surface area contributed by atoms with Crippen LogP contribution >= 0.6 is 0 Å². The lowest BCUT2D eigenvalue weighted by Gasteiger charge is -2.42. The van der Waals surface area contributed by atoms with Gasteiger partial charge in [0.1, 0.15) is 5.75 Å². The highest BCUT2D eigenvalue weighted by Gasteiger charge is 2.34. The molecule has 0 unspecified atom stereocenters. The molecule has 3 N–H and O–H groups in total. The van der Waals surface area contributed by atoms with Crippen molar-refractivity contribution in [3.8, 4) is 5.75 Å². The molecule has 126 valence electrons. The van der Waals surface area contributed by atoms with Crippen molar-refractivity contribution < 1.29 is 19.8 Å². The lowest BCUT2D eigenvalue weighted by Crippen LogP contribution is -2.54. The quantitative estimate of drug-likeness (QED) is 0.673. The van der Waals surface area contributed by atoms with Crippen LogP contribution in [0.2, 0.25) is 0 Å². The van der Waals surface area contributed by atoms with Crippen LogP contribution in [0.3, 0.4) is 0 Å². The fourth-order valence-corrected chi connectivity index (χ4v) is 2.95. The molecule has 1 aromatic carbocycles. The fourth-order valence-electron chi connectivity index (χ4n) is 2.95. The summed E-state index contributed by atoms with van der Waals surface area (Å²) in [6.45, 7) is 2.70. The molecule has 1 saturated carbocycles. The molecule has 0 radical (unpaired) electrons. The number of nitrogens with zero attached hydrogens (tertiary/aromatic N) is 1. The zero-order chi connectivity index (χ0) is 16.8. The van der Waals surface area contributed by atoms with Gasteiger partial charge in [-0.3, -0.25) is 14.5 Å². The number of likely N-dealkylation sites (N-methyl/N-ethyl adjacent to an activating group) is 1. The number of hydrogen-bond donors (Lipinski definition) is 3. The molecule has 1 aliphatic carbocycles. The zero-order valence-electron chi connectivity index (χ0n) is 13.4. The highest BCUT2D eigenvalue weighted by atomic mass is 16.4. The van der Waals surface area contributed by atoms with E-state index in [0.717, 1.165) is 18.4 Å². The number of carbonyl (C=O) groups is 2. The Kier molecular flexibility index (Phi) is 5.98. The maximum absolute atomic E-state index is 12.0. The van der Waals surface area contributed by atoms with Crippen LogP contribution in [0.4, 0.5) is 0 Å². The fraction of sp³-hybridized carbons (Fsp3) is 0.529. The van der Waals surface area contributed by atoms with Crippen molar-refractivity contribution in [1.82, 2.24) is 10.2 Å². The van der Waals surface area contributed by atoms with Gasteiger partial charge in [-0.2, -0.15) is 0 Å². The number of benzene rings is 1. The minimum atomic E-state index is -0.818. The van der Waals surface area contributed by atoms with Gasteiger partial charge >= 0.3 is 5.97 Å². The van der Waals surface area contributed by atoms with Crippen LogP contribution in [-0.4, -0.2) is 52.2 Å². The van der Waals surface area contributed by atoms with E-state index < -0.39 is 5.97 Å². The molecular formula is C17H24N2O4. The number of nitrogens with one attached hydrogen (secondary N) is 1. The van der Waals surface area contributed by atoms with Gasteiger partial charge < -0.3 is 15.5 Å². The molecule has 0 aliphatic heterocycles. The monoisotopic (exact) mass is 320 g/mol. The number of aliphatic carboxylic acids is 1. The topological polar surface area (TPSA) is 89.9 Å². The molecule has 1 aliphatic rings. The van der Waals surface area contributed by atoms with E-state index in [1.165, 1.54) is 0 Å². The van der Waals surface area contributed by atoms with Crippen molar-refractivity contribution in [2.24, 2.45) is 0 Å². The van der Waals surface area contributed by atoms with E-state index in [1.54, 1.807) is 12.1 Å². The highest BCUT2D eigenvalue weighted by Crippen LogP contribution is 2.25. The Morgan fingerprint density at radius 1 is 1.30 bits per heavy atom. The number of para-hydroxylation sites is 1. The summed E-state index contributed by atoms with van der Waals surface area (Å²) in [5.74, 6) is -0.628. The number of carboxylic acid groups (broad SMARTS) is 1.